The van der Waals surface area contributed by atoms with E-state index in [0.717, 1.165) is 0 Å². The molecule has 1 aromatic heterocycles. The van der Waals surface area contributed by atoms with Gasteiger partial charge in [-0.3, -0.25) is 9.59 Å². The van der Waals surface area contributed by atoms with Gasteiger partial charge in [0.1, 0.15) is 11.5 Å². The van der Waals surface area contributed by atoms with Crippen molar-refractivity contribution in [1.82, 2.24) is 5.16 Å². The van der Waals surface area contributed by atoms with Crippen LogP contribution in [0.2, 0.25) is 5.02 Å². The molecule has 1 aromatic carbocycles. The summed E-state index contributed by atoms with van der Waals surface area (Å²) in [5.41, 5.74) is 0.581. The number of nitrogens with zero attached hydrogens (tertiary/aromatic N) is 1. The highest BCUT2D eigenvalue weighted by atomic mass is 35.5. The van der Waals surface area contributed by atoms with Crippen LogP contribution >= 0.6 is 11.6 Å². The van der Waals surface area contributed by atoms with Crippen LogP contribution in [0.15, 0.2) is 28.8 Å². The Labute approximate surface area is 137 Å². The van der Waals surface area contributed by atoms with Crippen molar-refractivity contribution in [2.24, 2.45) is 0 Å². The molecule has 2 aromatic rings. The van der Waals surface area contributed by atoms with Gasteiger partial charge in [0.15, 0.2) is 12.4 Å². The number of benzene rings is 1. The largest absolute Gasteiger partial charge is 0.496 e. The lowest BCUT2D eigenvalue weighted by molar-refractivity contribution is -0.146. The Balaban J connectivity index is 1.85. The molecule has 0 aliphatic heterocycles. The van der Waals surface area contributed by atoms with Gasteiger partial charge in [-0.25, -0.2) is 0 Å². The second-order valence-corrected chi connectivity index (χ2v) is 5.10. The van der Waals surface area contributed by atoms with E-state index in [0.29, 0.717) is 22.1 Å². The van der Waals surface area contributed by atoms with Crippen molar-refractivity contribution in [3.05, 3.63) is 40.6 Å². The fourth-order valence-electron chi connectivity index (χ4n) is 1.84. The first-order chi connectivity index (χ1) is 11.0. The molecule has 0 fully saturated rings. The summed E-state index contributed by atoms with van der Waals surface area (Å²) in [5, 5.41) is 6.53. The zero-order chi connectivity index (χ0) is 16.8. The van der Waals surface area contributed by atoms with E-state index in [2.05, 4.69) is 10.5 Å². The number of methoxy groups -OCH3 is 1. The number of aryl methyl sites for hydroxylation is 1. The van der Waals surface area contributed by atoms with Crippen LogP contribution < -0.4 is 10.1 Å². The van der Waals surface area contributed by atoms with Crippen LogP contribution in [-0.4, -0.2) is 30.7 Å². The van der Waals surface area contributed by atoms with Gasteiger partial charge in [-0.1, -0.05) is 16.8 Å². The fraction of sp³-hybridized carbons (Fsp3) is 0.267. The summed E-state index contributed by atoms with van der Waals surface area (Å²) in [7, 11) is 1.49. The van der Waals surface area contributed by atoms with Crippen molar-refractivity contribution in [2.75, 3.05) is 19.0 Å². The zero-order valence-electron chi connectivity index (χ0n) is 12.6. The number of amides is 1. The Morgan fingerprint density at radius 2 is 2.13 bits per heavy atom. The molecule has 0 unspecified atom stereocenters. The Hall–Kier alpha value is -2.54. The van der Waals surface area contributed by atoms with Crippen LogP contribution in [-0.2, 0) is 20.7 Å². The van der Waals surface area contributed by atoms with Crippen molar-refractivity contribution in [3.63, 3.8) is 0 Å². The Kier molecular flexibility index (Phi) is 5.59. The summed E-state index contributed by atoms with van der Waals surface area (Å²) in [6, 6.07) is 6.48. The van der Waals surface area contributed by atoms with Crippen LogP contribution in [0.25, 0.3) is 0 Å². The third kappa shape index (κ3) is 5.00. The topological polar surface area (TPSA) is 90.7 Å². The Morgan fingerprint density at radius 1 is 1.35 bits per heavy atom. The quantitative estimate of drug-likeness (QED) is 0.813. The number of esters is 1. The number of ether oxygens (including phenoxy) is 2. The van der Waals surface area contributed by atoms with Crippen LogP contribution in [0.4, 0.5) is 5.82 Å². The third-order valence-electron chi connectivity index (χ3n) is 2.84. The molecule has 122 valence electrons. The van der Waals surface area contributed by atoms with Gasteiger partial charge in [0, 0.05) is 16.7 Å². The lowest BCUT2D eigenvalue weighted by Crippen LogP contribution is -2.21. The molecule has 0 saturated carbocycles. The number of aromatic nitrogens is 1. The number of hydrogen-bond acceptors (Lipinski definition) is 6. The van der Waals surface area contributed by atoms with E-state index in [1.54, 1.807) is 31.2 Å². The highest BCUT2D eigenvalue weighted by Crippen LogP contribution is 2.23. The number of carbonyl (C=O) groups excluding carboxylic acids is 2. The molecule has 7 nitrogen and oxygen atoms in total. The number of hydrogen-bond donors (Lipinski definition) is 1. The van der Waals surface area contributed by atoms with Crippen molar-refractivity contribution in [2.45, 2.75) is 13.3 Å². The van der Waals surface area contributed by atoms with E-state index in [1.807, 2.05) is 0 Å². The lowest BCUT2D eigenvalue weighted by atomic mass is 10.1. The van der Waals surface area contributed by atoms with E-state index < -0.39 is 18.5 Å². The highest BCUT2D eigenvalue weighted by molar-refractivity contribution is 6.30. The van der Waals surface area contributed by atoms with Crippen LogP contribution in [0.3, 0.4) is 0 Å². The minimum Gasteiger partial charge on any atom is -0.496 e. The van der Waals surface area contributed by atoms with Crippen LogP contribution in [0, 0.1) is 6.92 Å². The number of rotatable bonds is 6. The molecule has 0 radical (unpaired) electrons. The molecule has 0 atom stereocenters. The molecule has 0 aliphatic carbocycles. The molecular formula is C15H15ClN2O5. The monoisotopic (exact) mass is 338 g/mol. The van der Waals surface area contributed by atoms with E-state index >= 15 is 0 Å². The van der Waals surface area contributed by atoms with Gasteiger partial charge in [0.2, 0.25) is 0 Å². The molecule has 23 heavy (non-hydrogen) atoms. The van der Waals surface area contributed by atoms with Gasteiger partial charge in [0.25, 0.3) is 5.91 Å². The smallest absolute Gasteiger partial charge is 0.310 e. The van der Waals surface area contributed by atoms with Gasteiger partial charge >= 0.3 is 5.97 Å². The Bertz CT molecular complexity index is 714. The van der Waals surface area contributed by atoms with Gasteiger partial charge in [-0.05, 0) is 25.1 Å². The van der Waals surface area contributed by atoms with Gasteiger partial charge in [0.05, 0.1) is 13.5 Å². The van der Waals surface area contributed by atoms with Gasteiger partial charge < -0.3 is 19.3 Å². The first-order valence-corrected chi connectivity index (χ1v) is 7.07. The van der Waals surface area contributed by atoms with Crippen molar-refractivity contribution >= 4 is 29.3 Å². The second-order valence-electron chi connectivity index (χ2n) is 4.66. The summed E-state index contributed by atoms with van der Waals surface area (Å²) in [5.74, 6) is 0.265. The standard InChI is InChI=1S/C15H15ClN2O5/c1-9-5-13(18-23-9)17-14(19)8-22-15(20)7-10-6-11(16)3-4-12(10)21-2/h3-6H,7-8H2,1-2H3,(H,17,18,19). The van der Waals surface area contributed by atoms with Gasteiger partial charge in [-0.2, -0.15) is 0 Å². The number of halogens is 1. The summed E-state index contributed by atoms with van der Waals surface area (Å²) in [6.45, 7) is 1.27. The molecule has 0 saturated heterocycles. The zero-order valence-corrected chi connectivity index (χ0v) is 13.3. The van der Waals surface area contributed by atoms with E-state index in [1.165, 1.54) is 7.11 Å². The Morgan fingerprint density at radius 3 is 2.78 bits per heavy atom. The highest BCUT2D eigenvalue weighted by Gasteiger charge is 2.13. The number of nitrogens with one attached hydrogen (secondary N) is 1. The lowest BCUT2D eigenvalue weighted by Gasteiger charge is -2.09. The maximum Gasteiger partial charge on any atom is 0.310 e. The molecule has 0 aliphatic rings. The molecule has 2 rings (SSSR count). The SMILES string of the molecule is COc1ccc(Cl)cc1CC(=O)OCC(=O)Nc1cc(C)on1. The molecule has 8 heteroatoms. The summed E-state index contributed by atoms with van der Waals surface area (Å²) < 4.78 is 14.9. The fourth-order valence-corrected chi connectivity index (χ4v) is 2.04. The van der Waals surface area contributed by atoms with Crippen LogP contribution in [0.1, 0.15) is 11.3 Å². The van der Waals surface area contributed by atoms with Crippen molar-refractivity contribution in [1.29, 1.82) is 0 Å². The van der Waals surface area contributed by atoms with E-state index in [-0.39, 0.29) is 12.2 Å². The predicted molar refractivity (Wildman–Crippen MR) is 82.5 cm³/mol. The average molecular weight is 339 g/mol. The van der Waals surface area contributed by atoms with Gasteiger partial charge in [-0.15, -0.1) is 0 Å². The molecule has 1 N–H and O–H groups in total. The maximum absolute atomic E-state index is 11.8. The maximum atomic E-state index is 11.8. The summed E-state index contributed by atoms with van der Waals surface area (Å²) in [4.78, 5) is 23.5. The molecular weight excluding hydrogens is 324 g/mol. The van der Waals surface area contributed by atoms with Crippen LogP contribution in [0.5, 0.6) is 5.75 Å². The summed E-state index contributed by atoms with van der Waals surface area (Å²) >= 11 is 5.89. The second kappa shape index (κ2) is 7.64. The first kappa shape index (κ1) is 16.8. The minimum absolute atomic E-state index is 0.0555. The normalized spacial score (nSPS) is 10.2. The van der Waals surface area contributed by atoms with E-state index in [9.17, 15) is 9.59 Å². The first-order valence-electron chi connectivity index (χ1n) is 6.69. The molecule has 1 heterocycles. The number of anilines is 1. The van der Waals surface area contributed by atoms with Crippen molar-refractivity contribution < 1.29 is 23.6 Å². The average Bonchev–Trinajstić information content (AvgIpc) is 2.90. The molecule has 0 spiro atoms. The third-order valence-corrected chi connectivity index (χ3v) is 3.07. The number of carbonyl (C=O) groups is 2. The van der Waals surface area contributed by atoms with E-state index in [4.69, 9.17) is 25.6 Å². The molecule has 1 amide bonds. The summed E-state index contributed by atoms with van der Waals surface area (Å²) in [6.07, 6.45) is -0.0555. The predicted octanol–water partition coefficient (Wildman–Crippen LogP) is 2.37. The minimum atomic E-state index is -0.572. The molecule has 0 bridgehead atoms. The van der Waals surface area contributed by atoms with Crippen molar-refractivity contribution in [3.8, 4) is 5.75 Å².